The summed E-state index contributed by atoms with van der Waals surface area (Å²) < 4.78 is 7.27. The number of rotatable bonds is 6. The minimum absolute atomic E-state index is 0.101. The molecule has 156 valence electrons. The number of benzene rings is 2. The molecule has 1 aliphatic rings. The Morgan fingerprint density at radius 1 is 1.10 bits per heavy atom. The third-order valence-corrected chi connectivity index (χ3v) is 5.63. The zero-order chi connectivity index (χ0) is 20.9. The van der Waals surface area contributed by atoms with Gasteiger partial charge in [-0.05, 0) is 44.0 Å². The Labute approximate surface area is 177 Å². The van der Waals surface area contributed by atoms with Gasteiger partial charge in [0, 0.05) is 36.9 Å². The number of ether oxygens (including phenoxy) is 1. The Hall–Kier alpha value is -3.12. The number of hydrogen-bond acceptors (Lipinski definition) is 4. The summed E-state index contributed by atoms with van der Waals surface area (Å²) in [6.45, 7) is 4.72. The standard InChI is InChI=1S/C24H28N4O2/c1-18-16-22(26-28(18)21-9-4-3-5-10-21)24(29)25-20-12-14-27(15-13-20)17-19-8-6-7-11-23(19)30-2/h3-11,16,20H,12-15,17H2,1-2H3,(H,25,29). The van der Waals surface area contributed by atoms with E-state index in [-0.39, 0.29) is 11.9 Å². The molecule has 0 radical (unpaired) electrons. The van der Waals surface area contributed by atoms with Gasteiger partial charge in [0.1, 0.15) is 5.75 Å². The van der Waals surface area contributed by atoms with Crippen molar-refractivity contribution >= 4 is 5.91 Å². The highest BCUT2D eigenvalue weighted by molar-refractivity contribution is 5.92. The van der Waals surface area contributed by atoms with Crippen LogP contribution < -0.4 is 10.1 Å². The number of piperidine rings is 1. The molecule has 1 saturated heterocycles. The Morgan fingerprint density at radius 3 is 2.53 bits per heavy atom. The van der Waals surface area contributed by atoms with E-state index in [0.717, 1.165) is 49.6 Å². The van der Waals surface area contributed by atoms with E-state index < -0.39 is 0 Å². The quantitative estimate of drug-likeness (QED) is 0.682. The summed E-state index contributed by atoms with van der Waals surface area (Å²) in [6.07, 6.45) is 1.86. The van der Waals surface area contributed by atoms with Crippen molar-refractivity contribution in [3.05, 3.63) is 77.6 Å². The van der Waals surface area contributed by atoms with Crippen molar-refractivity contribution in [1.82, 2.24) is 20.0 Å². The summed E-state index contributed by atoms with van der Waals surface area (Å²) >= 11 is 0. The summed E-state index contributed by atoms with van der Waals surface area (Å²) in [5, 5.41) is 7.68. The van der Waals surface area contributed by atoms with Crippen molar-refractivity contribution in [3.63, 3.8) is 0 Å². The molecule has 0 spiro atoms. The van der Waals surface area contributed by atoms with E-state index >= 15 is 0 Å². The highest BCUT2D eigenvalue weighted by Gasteiger charge is 2.23. The molecule has 0 aliphatic carbocycles. The minimum Gasteiger partial charge on any atom is -0.496 e. The number of carbonyl (C=O) groups excluding carboxylic acids is 1. The molecule has 0 saturated carbocycles. The van der Waals surface area contributed by atoms with Crippen molar-refractivity contribution in [2.24, 2.45) is 0 Å². The highest BCUT2D eigenvalue weighted by Crippen LogP contribution is 2.21. The van der Waals surface area contributed by atoms with Crippen molar-refractivity contribution in [2.75, 3.05) is 20.2 Å². The van der Waals surface area contributed by atoms with Gasteiger partial charge >= 0.3 is 0 Å². The lowest BCUT2D eigenvalue weighted by atomic mass is 10.0. The van der Waals surface area contributed by atoms with E-state index in [1.807, 2.05) is 66.2 Å². The third kappa shape index (κ3) is 4.54. The van der Waals surface area contributed by atoms with Gasteiger partial charge in [0.25, 0.3) is 5.91 Å². The van der Waals surface area contributed by atoms with Crippen LogP contribution in [-0.4, -0.2) is 46.8 Å². The molecule has 6 heteroatoms. The summed E-state index contributed by atoms with van der Waals surface area (Å²) in [5.74, 6) is 0.827. The van der Waals surface area contributed by atoms with Crippen LogP contribution in [0.4, 0.5) is 0 Å². The van der Waals surface area contributed by atoms with Gasteiger partial charge in [-0.1, -0.05) is 36.4 Å². The maximum atomic E-state index is 12.7. The first-order valence-corrected chi connectivity index (χ1v) is 10.4. The van der Waals surface area contributed by atoms with E-state index in [0.29, 0.717) is 5.69 Å². The van der Waals surface area contributed by atoms with Crippen LogP contribution in [0, 0.1) is 6.92 Å². The van der Waals surface area contributed by atoms with Crippen LogP contribution in [0.5, 0.6) is 5.75 Å². The first kappa shape index (κ1) is 20.2. The number of carbonyl (C=O) groups is 1. The molecule has 4 rings (SSSR count). The lowest BCUT2D eigenvalue weighted by Crippen LogP contribution is -2.44. The molecule has 30 heavy (non-hydrogen) atoms. The molecule has 0 atom stereocenters. The Morgan fingerprint density at radius 2 is 1.80 bits per heavy atom. The average molecular weight is 405 g/mol. The number of nitrogens with zero attached hydrogens (tertiary/aromatic N) is 3. The molecule has 1 aliphatic heterocycles. The molecular formula is C24H28N4O2. The number of hydrogen-bond donors (Lipinski definition) is 1. The number of amides is 1. The Bertz CT molecular complexity index is 991. The van der Waals surface area contributed by atoms with Gasteiger partial charge in [-0.2, -0.15) is 5.10 Å². The monoisotopic (exact) mass is 404 g/mol. The largest absolute Gasteiger partial charge is 0.496 e. The van der Waals surface area contributed by atoms with E-state index in [1.54, 1.807) is 7.11 Å². The molecular weight excluding hydrogens is 376 g/mol. The first-order valence-electron chi connectivity index (χ1n) is 10.4. The predicted octanol–water partition coefficient (Wildman–Crippen LogP) is 3.58. The maximum absolute atomic E-state index is 12.7. The molecule has 1 aromatic heterocycles. The highest BCUT2D eigenvalue weighted by atomic mass is 16.5. The van der Waals surface area contributed by atoms with Crippen molar-refractivity contribution < 1.29 is 9.53 Å². The summed E-state index contributed by atoms with van der Waals surface area (Å²) in [6, 6.07) is 20.0. The van der Waals surface area contributed by atoms with Gasteiger partial charge in [-0.25, -0.2) is 4.68 Å². The van der Waals surface area contributed by atoms with Crippen molar-refractivity contribution in [3.8, 4) is 11.4 Å². The Kier molecular flexibility index (Phi) is 6.14. The lowest BCUT2D eigenvalue weighted by Gasteiger charge is -2.32. The second-order valence-electron chi connectivity index (χ2n) is 7.75. The number of aryl methyl sites for hydroxylation is 1. The fourth-order valence-corrected chi connectivity index (χ4v) is 3.99. The number of likely N-dealkylation sites (tertiary alicyclic amines) is 1. The van der Waals surface area contributed by atoms with Gasteiger partial charge in [0.15, 0.2) is 5.69 Å². The molecule has 2 aromatic carbocycles. The summed E-state index contributed by atoms with van der Waals surface area (Å²) in [5.41, 5.74) is 3.56. The Balaban J connectivity index is 1.33. The van der Waals surface area contributed by atoms with E-state index in [1.165, 1.54) is 5.56 Å². The van der Waals surface area contributed by atoms with Gasteiger partial charge in [0.2, 0.25) is 0 Å². The minimum atomic E-state index is -0.101. The van der Waals surface area contributed by atoms with Gasteiger partial charge in [-0.3, -0.25) is 9.69 Å². The predicted molar refractivity (Wildman–Crippen MR) is 117 cm³/mol. The second kappa shape index (κ2) is 9.13. The molecule has 1 N–H and O–H groups in total. The molecule has 2 heterocycles. The normalized spacial score (nSPS) is 15.1. The van der Waals surface area contributed by atoms with Crippen molar-refractivity contribution in [2.45, 2.75) is 32.4 Å². The maximum Gasteiger partial charge on any atom is 0.272 e. The van der Waals surface area contributed by atoms with E-state index in [4.69, 9.17) is 4.74 Å². The smallest absolute Gasteiger partial charge is 0.272 e. The zero-order valence-electron chi connectivity index (χ0n) is 17.5. The number of nitrogens with one attached hydrogen (secondary N) is 1. The number of methoxy groups -OCH3 is 1. The average Bonchev–Trinajstić information content (AvgIpc) is 3.18. The summed E-state index contributed by atoms with van der Waals surface area (Å²) in [7, 11) is 1.71. The van der Waals surface area contributed by atoms with Crippen LogP contribution in [0.15, 0.2) is 60.7 Å². The van der Waals surface area contributed by atoms with Crippen LogP contribution in [0.25, 0.3) is 5.69 Å². The molecule has 1 fully saturated rings. The van der Waals surface area contributed by atoms with E-state index in [9.17, 15) is 4.79 Å². The summed E-state index contributed by atoms with van der Waals surface area (Å²) in [4.78, 5) is 15.2. The SMILES string of the molecule is COc1ccccc1CN1CCC(NC(=O)c2cc(C)n(-c3ccccc3)n2)CC1. The van der Waals surface area contributed by atoms with Crippen LogP contribution in [0.2, 0.25) is 0 Å². The first-order chi connectivity index (χ1) is 14.6. The van der Waals surface area contributed by atoms with Crippen LogP contribution in [-0.2, 0) is 6.54 Å². The van der Waals surface area contributed by atoms with Crippen molar-refractivity contribution in [1.29, 1.82) is 0 Å². The van der Waals surface area contributed by atoms with Gasteiger partial charge in [0.05, 0.1) is 12.8 Å². The van der Waals surface area contributed by atoms with Crippen LogP contribution >= 0.6 is 0 Å². The molecule has 3 aromatic rings. The topological polar surface area (TPSA) is 59.4 Å². The fourth-order valence-electron chi connectivity index (χ4n) is 3.99. The third-order valence-electron chi connectivity index (χ3n) is 5.63. The zero-order valence-corrected chi connectivity index (χ0v) is 17.5. The molecule has 0 bridgehead atoms. The number of aromatic nitrogens is 2. The molecule has 1 amide bonds. The van der Waals surface area contributed by atoms with Gasteiger partial charge in [-0.15, -0.1) is 0 Å². The van der Waals surface area contributed by atoms with E-state index in [2.05, 4.69) is 21.4 Å². The number of para-hydroxylation sites is 2. The van der Waals surface area contributed by atoms with Crippen LogP contribution in [0.3, 0.4) is 0 Å². The molecule has 0 unspecified atom stereocenters. The van der Waals surface area contributed by atoms with Crippen LogP contribution in [0.1, 0.15) is 34.6 Å². The fraction of sp³-hybridized carbons (Fsp3) is 0.333. The molecule has 6 nitrogen and oxygen atoms in total. The lowest BCUT2D eigenvalue weighted by molar-refractivity contribution is 0.0903. The van der Waals surface area contributed by atoms with Gasteiger partial charge < -0.3 is 10.1 Å². The second-order valence-corrected chi connectivity index (χ2v) is 7.75.